The second-order valence-corrected chi connectivity index (χ2v) is 7.52. The summed E-state index contributed by atoms with van der Waals surface area (Å²) in [7, 11) is 1.42. The maximum atomic E-state index is 12.4. The van der Waals surface area contributed by atoms with E-state index in [0.717, 1.165) is 41.9 Å². The molecule has 1 aliphatic carbocycles. The fourth-order valence-electron chi connectivity index (χ4n) is 3.03. The largest absolute Gasteiger partial charge is 0.465 e. The summed E-state index contributed by atoms with van der Waals surface area (Å²) in [4.78, 5) is 13.6. The van der Waals surface area contributed by atoms with Crippen LogP contribution in [0.3, 0.4) is 0 Å². The van der Waals surface area contributed by atoms with E-state index < -0.39 is 0 Å². The van der Waals surface area contributed by atoms with Gasteiger partial charge >= 0.3 is 5.97 Å². The summed E-state index contributed by atoms with van der Waals surface area (Å²) < 4.78 is 5.02. The van der Waals surface area contributed by atoms with Gasteiger partial charge in [0.1, 0.15) is 5.00 Å². The predicted molar refractivity (Wildman–Crippen MR) is 103 cm³/mol. The number of ether oxygens (including phenoxy) is 1. The van der Waals surface area contributed by atoms with Crippen LogP contribution in [0.1, 0.15) is 52.2 Å². The normalized spacial score (nSPS) is 14.1. The zero-order chi connectivity index (χ0) is 17.6. The molecule has 0 fully saturated rings. The van der Waals surface area contributed by atoms with Crippen LogP contribution >= 0.6 is 23.6 Å². The smallest absolute Gasteiger partial charge is 0.341 e. The van der Waals surface area contributed by atoms with Gasteiger partial charge in [-0.2, -0.15) is 5.10 Å². The van der Waals surface area contributed by atoms with Crippen LogP contribution in [0.15, 0.2) is 12.3 Å². The van der Waals surface area contributed by atoms with E-state index in [0.29, 0.717) is 17.2 Å². The number of thiocarbonyl (C=S) groups is 1. The minimum absolute atomic E-state index is 0.294. The molecule has 0 saturated carbocycles. The Morgan fingerprint density at radius 1 is 1.36 bits per heavy atom. The molecule has 0 radical (unpaired) electrons. The van der Waals surface area contributed by atoms with Crippen molar-refractivity contribution in [3.05, 3.63) is 34.0 Å². The summed E-state index contributed by atoms with van der Waals surface area (Å²) in [5.41, 5.74) is 2.72. The van der Waals surface area contributed by atoms with Gasteiger partial charge in [-0.3, -0.25) is 5.10 Å². The maximum absolute atomic E-state index is 12.4. The monoisotopic (exact) mass is 378 g/mol. The SMILES string of the molecule is COC(=O)c1c(NC(=S)NCc2ccn[nH]2)sc2c1CCCCCC2. The zero-order valence-electron chi connectivity index (χ0n) is 14.2. The minimum atomic E-state index is -0.294. The zero-order valence-corrected chi connectivity index (χ0v) is 15.8. The Balaban J connectivity index is 1.78. The van der Waals surface area contributed by atoms with E-state index in [4.69, 9.17) is 17.0 Å². The van der Waals surface area contributed by atoms with E-state index in [-0.39, 0.29) is 5.97 Å². The summed E-state index contributed by atoms with van der Waals surface area (Å²) in [6, 6.07) is 1.88. The number of aromatic amines is 1. The van der Waals surface area contributed by atoms with Gasteiger partial charge in [0, 0.05) is 11.1 Å². The highest BCUT2D eigenvalue weighted by Gasteiger charge is 2.25. The van der Waals surface area contributed by atoms with Crippen LogP contribution < -0.4 is 10.6 Å². The molecule has 0 aromatic carbocycles. The van der Waals surface area contributed by atoms with Crippen LogP contribution in [-0.4, -0.2) is 28.4 Å². The van der Waals surface area contributed by atoms with Gasteiger partial charge in [-0.1, -0.05) is 12.8 Å². The van der Waals surface area contributed by atoms with E-state index >= 15 is 0 Å². The number of aryl methyl sites for hydroxylation is 1. The van der Waals surface area contributed by atoms with Crippen LogP contribution in [0.5, 0.6) is 0 Å². The molecule has 8 heteroatoms. The number of H-pyrrole nitrogens is 1. The highest BCUT2D eigenvalue weighted by Crippen LogP contribution is 2.37. The summed E-state index contributed by atoms with van der Waals surface area (Å²) >= 11 is 7.00. The summed E-state index contributed by atoms with van der Waals surface area (Å²) in [6.07, 6.45) is 8.36. The summed E-state index contributed by atoms with van der Waals surface area (Å²) in [5.74, 6) is -0.294. The lowest BCUT2D eigenvalue weighted by atomic mass is 9.96. The third-order valence-electron chi connectivity index (χ3n) is 4.29. The lowest BCUT2D eigenvalue weighted by Gasteiger charge is -2.11. The van der Waals surface area contributed by atoms with Crippen molar-refractivity contribution in [2.75, 3.05) is 12.4 Å². The number of thiophene rings is 1. The lowest BCUT2D eigenvalue weighted by Crippen LogP contribution is -2.28. The molecule has 0 bridgehead atoms. The number of carbonyl (C=O) groups is 1. The number of carbonyl (C=O) groups excluding carboxylic acids is 1. The average molecular weight is 379 g/mol. The van der Waals surface area contributed by atoms with Gasteiger partial charge in [-0.15, -0.1) is 11.3 Å². The van der Waals surface area contributed by atoms with Crippen molar-refractivity contribution in [2.24, 2.45) is 0 Å². The molecule has 0 saturated heterocycles. The fraction of sp³-hybridized carbons (Fsp3) is 0.471. The molecule has 0 spiro atoms. The Morgan fingerprint density at radius 2 is 2.16 bits per heavy atom. The van der Waals surface area contributed by atoms with Gasteiger partial charge in [0.2, 0.25) is 0 Å². The van der Waals surface area contributed by atoms with Crippen molar-refractivity contribution in [3.8, 4) is 0 Å². The standard InChI is InChI=1S/C17H22N4O2S2/c1-23-16(22)14-12-6-4-2-3-5-7-13(12)25-15(14)20-17(24)18-10-11-8-9-19-21-11/h8-9H,2-7,10H2,1H3,(H,19,21)(H2,18,20,24). The van der Waals surface area contributed by atoms with Crippen LogP contribution in [0, 0.1) is 0 Å². The van der Waals surface area contributed by atoms with Crippen molar-refractivity contribution < 1.29 is 9.53 Å². The lowest BCUT2D eigenvalue weighted by molar-refractivity contribution is 0.0601. The first-order valence-corrected chi connectivity index (χ1v) is 9.67. The molecule has 0 aliphatic heterocycles. The van der Waals surface area contributed by atoms with Crippen molar-refractivity contribution in [3.63, 3.8) is 0 Å². The van der Waals surface area contributed by atoms with E-state index in [2.05, 4.69) is 20.8 Å². The number of nitrogens with one attached hydrogen (secondary N) is 3. The van der Waals surface area contributed by atoms with E-state index in [1.165, 1.54) is 24.8 Å². The quantitative estimate of drug-likeness (QED) is 0.559. The van der Waals surface area contributed by atoms with Crippen molar-refractivity contribution in [2.45, 2.75) is 45.1 Å². The van der Waals surface area contributed by atoms with Crippen molar-refractivity contribution in [1.82, 2.24) is 15.5 Å². The molecule has 25 heavy (non-hydrogen) atoms. The summed E-state index contributed by atoms with van der Waals surface area (Å²) in [6.45, 7) is 0.546. The number of hydrogen-bond acceptors (Lipinski definition) is 5. The number of nitrogens with zero attached hydrogens (tertiary/aromatic N) is 1. The minimum Gasteiger partial charge on any atom is -0.465 e. The van der Waals surface area contributed by atoms with Gasteiger partial charge in [0.25, 0.3) is 0 Å². The topological polar surface area (TPSA) is 79.0 Å². The number of methoxy groups -OCH3 is 1. The summed E-state index contributed by atoms with van der Waals surface area (Å²) in [5, 5.41) is 14.4. The van der Waals surface area contributed by atoms with Crippen molar-refractivity contribution >= 4 is 39.6 Å². The molecular formula is C17H22N4O2S2. The predicted octanol–water partition coefficient (Wildman–Crippen LogP) is 3.40. The molecule has 134 valence electrons. The number of fused-ring (bicyclic) bond motifs is 1. The van der Waals surface area contributed by atoms with Crippen LogP contribution in [-0.2, 0) is 24.1 Å². The Bertz CT molecular complexity index is 740. The van der Waals surface area contributed by atoms with Crippen LogP contribution in [0.2, 0.25) is 0 Å². The molecule has 3 N–H and O–H groups in total. The Morgan fingerprint density at radius 3 is 2.88 bits per heavy atom. The Kier molecular flexibility index (Phi) is 6.04. The van der Waals surface area contributed by atoms with Crippen LogP contribution in [0.4, 0.5) is 5.00 Å². The molecule has 0 unspecified atom stereocenters. The molecule has 6 nitrogen and oxygen atoms in total. The van der Waals surface area contributed by atoms with E-state index in [1.54, 1.807) is 17.5 Å². The average Bonchev–Trinajstić information content (AvgIpc) is 3.21. The number of esters is 1. The molecule has 0 amide bonds. The molecular weight excluding hydrogens is 356 g/mol. The molecule has 3 rings (SSSR count). The highest BCUT2D eigenvalue weighted by atomic mass is 32.1. The van der Waals surface area contributed by atoms with Gasteiger partial charge < -0.3 is 15.4 Å². The first-order valence-electron chi connectivity index (χ1n) is 8.45. The first-order chi connectivity index (χ1) is 12.2. The Hall–Kier alpha value is -1.93. The van der Waals surface area contributed by atoms with E-state index in [1.807, 2.05) is 6.07 Å². The van der Waals surface area contributed by atoms with Gasteiger partial charge in [-0.05, 0) is 49.5 Å². The molecule has 2 aromatic rings. The third kappa shape index (κ3) is 4.38. The van der Waals surface area contributed by atoms with Crippen molar-refractivity contribution in [1.29, 1.82) is 0 Å². The number of rotatable bonds is 4. The third-order valence-corrected chi connectivity index (χ3v) is 5.74. The number of aromatic nitrogens is 2. The van der Waals surface area contributed by atoms with Gasteiger partial charge in [-0.25, -0.2) is 4.79 Å². The highest BCUT2D eigenvalue weighted by molar-refractivity contribution is 7.80. The van der Waals surface area contributed by atoms with Crippen LogP contribution in [0.25, 0.3) is 0 Å². The second-order valence-electron chi connectivity index (χ2n) is 6.00. The Labute approximate surface area is 156 Å². The molecule has 0 atom stereocenters. The van der Waals surface area contributed by atoms with Gasteiger partial charge in [0.15, 0.2) is 5.11 Å². The molecule has 1 aliphatic rings. The van der Waals surface area contributed by atoms with Gasteiger partial charge in [0.05, 0.1) is 24.9 Å². The fourth-order valence-corrected chi connectivity index (χ4v) is 4.55. The molecule has 2 aromatic heterocycles. The second kappa shape index (κ2) is 8.44. The molecule has 2 heterocycles. The number of hydrogen-bond donors (Lipinski definition) is 3. The number of anilines is 1. The van der Waals surface area contributed by atoms with E-state index in [9.17, 15) is 4.79 Å². The first kappa shape index (κ1) is 17.9. The maximum Gasteiger partial charge on any atom is 0.341 e.